The Morgan fingerprint density at radius 1 is 1.21 bits per heavy atom. The zero-order valence-electron chi connectivity index (χ0n) is 17.8. The highest BCUT2D eigenvalue weighted by Crippen LogP contribution is 2.46. The van der Waals surface area contributed by atoms with E-state index in [-0.39, 0.29) is 11.6 Å². The molecule has 0 bridgehead atoms. The van der Waals surface area contributed by atoms with E-state index in [0.29, 0.717) is 19.0 Å². The Kier molecular flexibility index (Phi) is 5.32. The van der Waals surface area contributed by atoms with Gasteiger partial charge in [0.05, 0.1) is 19.3 Å². The highest BCUT2D eigenvalue weighted by Gasteiger charge is 2.45. The van der Waals surface area contributed by atoms with Gasteiger partial charge in [-0.05, 0) is 45.4 Å². The van der Waals surface area contributed by atoms with Gasteiger partial charge in [-0.15, -0.1) is 0 Å². The number of rotatable bonds is 5. The van der Waals surface area contributed by atoms with Gasteiger partial charge in [-0.3, -0.25) is 4.90 Å². The first-order valence-electron chi connectivity index (χ1n) is 10.5. The molecule has 1 N–H and O–H groups in total. The van der Waals surface area contributed by atoms with Gasteiger partial charge in [0.1, 0.15) is 5.60 Å². The molecule has 0 aromatic heterocycles. The third kappa shape index (κ3) is 3.87. The minimum Gasteiger partial charge on any atom is -0.490 e. The molecule has 5 nitrogen and oxygen atoms in total. The minimum atomic E-state index is -1.40. The molecule has 4 rings (SSSR count). The first kappa shape index (κ1) is 20.2. The Morgan fingerprint density at radius 3 is 2.69 bits per heavy atom. The lowest BCUT2D eigenvalue weighted by Gasteiger charge is -2.45. The molecule has 2 aliphatic heterocycles. The van der Waals surface area contributed by atoms with Gasteiger partial charge in [-0.25, -0.2) is 0 Å². The molecule has 1 saturated heterocycles. The summed E-state index contributed by atoms with van der Waals surface area (Å²) in [5.74, 6) is 0.0597. The monoisotopic (exact) mass is 397 g/mol. The summed E-state index contributed by atoms with van der Waals surface area (Å²) >= 11 is 0. The molecule has 2 unspecified atom stereocenters. The van der Waals surface area contributed by atoms with Crippen molar-refractivity contribution in [1.82, 2.24) is 4.90 Å². The van der Waals surface area contributed by atoms with Crippen LogP contribution in [0.15, 0.2) is 42.5 Å². The van der Waals surface area contributed by atoms with Crippen LogP contribution in [0.5, 0.6) is 11.5 Å². The van der Waals surface area contributed by atoms with Crippen LogP contribution in [0.1, 0.15) is 44.4 Å². The molecule has 2 heterocycles. The lowest BCUT2D eigenvalue weighted by molar-refractivity contribution is -0.276. The van der Waals surface area contributed by atoms with Crippen molar-refractivity contribution in [3.8, 4) is 11.5 Å². The predicted octanol–water partition coefficient (Wildman–Crippen LogP) is 3.86. The average Bonchev–Trinajstić information content (AvgIpc) is 3.01. The number of nitrogens with zero attached hydrogens (tertiary/aromatic N) is 1. The minimum absolute atomic E-state index is 0.209. The van der Waals surface area contributed by atoms with Gasteiger partial charge < -0.3 is 19.3 Å². The molecule has 0 spiro atoms. The van der Waals surface area contributed by atoms with Crippen LogP contribution in [-0.4, -0.2) is 41.4 Å². The van der Waals surface area contributed by atoms with E-state index < -0.39 is 5.79 Å². The van der Waals surface area contributed by atoms with Crippen LogP contribution in [0.25, 0.3) is 0 Å². The fraction of sp³-hybridized carbons (Fsp3) is 0.500. The summed E-state index contributed by atoms with van der Waals surface area (Å²) < 4.78 is 18.0. The van der Waals surface area contributed by atoms with E-state index in [1.54, 1.807) is 0 Å². The topological polar surface area (TPSA) is 51.2 Å². The predicted molar refractivity (Wildman–Crippen MR) is 112 cm³/mol. The molecule has 5 heteroatoms. The van der Waals surface area contributed by atoms with Crippen LogP contribution >= 0.6 is 0 Å². The van der Waals surface area contributed by atoms with Crippen molar-refractivity contribution in [2.75, 3.05) is 19.8 Å². The van der Waals surface area contributed by atoms with Gasteiger partial charge in [0.25, 0.3) is 0 Å². The Hall–Kier alpha value is -2.08. The van der Waals surface area contributed by atoms with E-state index in [0.717, 1.165) is 36.4 Å². The van der Waals surface area contributed by atoms with Crippen LogP contribution in [0.4, 0.5) is 0 Å². The summed E-state index contributed by atoms with van der Waals surface area (Å²) in [6, 6.07) is 14.0. The highest BCUT2D eigenvalue weighted by molar-refractivity contribution is 5.54. The van der Waals surface area contributed by atoms with Gasteiger partial charge in [0.15, 0.2) is 11.5 Å². The van der Waals surface area contributed by atoms with Crippen LogP contribution < -0.4 is 9.47 Å². The molecule has 156 valence electrons. The highest BCUT2D eigenvalue weighted by atomic mass is 16.6. The summed E-state index contributed by atoms with van der Waals surface area (Å²) in [6.45, 7) is 10.7. The van der Waals surface area contributed by atoms with E-state index in [1.165, 1.54) is 5.56 Å². The lowest BCUT2D eigenvalue weighted by Crippen LogP contribution is -2.56. The summed E-state index contributed by atoms with van der Waals surface area (Å²) in [7, 11) is 0. The normalized spacial score (nSPS) is 26.0. The van der Waals surface area contributed by atoms with Crippen molar-refractivity contribution >= 4 is 0 Å². The number of hydrogen-bond acceptors (Lipinski definition) is 5. The zero-order valence-corrected chi connectivity index (χ0v) is 17.8. The quantitative estimate of drug-likeness (QED) is 0.830. The van der Waals surface area contributed by atoms with E-state index in [2.05, 4.69) is 30.9 Å². The van der Waals surface area contributed by atoms with Gasteiger partial charge in [0.2, 0.25) is 5.79 Å². The van der Waals surface area contributed by atoms with Crippen molar-refractivity contribution < 1.29 is 19.3 Å². The second-order valence-corrected chi connectivity index (χ2v) is 8.61. The largest absolute Gasteiger partial charge is 0.490 e. The van der Waals surface area contributed by atoms with Gasteiger partial charge in [-0.1, -0.05) is 30.3 Å². The molecule has 29 heavy (non-hydrogen) atoms. The molecule has 2 atom stereocenters. The summed E-state index contributed by atoms with van der Waals surface area (Å²) in [6.07, 6.45) is 0.772. The number of benzene rings is 2. The fourth-order valence-corrected chi connectivity index (χ4v) is 4.39. The molecular formula is C24H31NO4. The summed E-state index contributed by atoms with van der Waals surface area (Å²) in [5, 5.41) is 11.7. The van der Waals surface area contributed by atoms with Crippen molar-refractivity contribution in [2.24, 2.45) is 0 Å². The molecule has 2 aromatic rings. The Balaban J connectivity index is 1.67. The summed E-state index contributed by atoms with van der Waals surface area (Å²) in [4.78, 5) is 2.27. The molecule has 0 saturated carbocycles. The second kappa shape index (κ2) is 7.63. The van der Waals surface area contributed by atoms with Gasteiger partial charge in [0, 0.05) is 30.6 Å². The van der Waals surface area contributed by atoms with Gasteiger partial charge in [-0.2, -0.15) is 0 Å². The second-order valence-electron chi connectivity index (χ2n) is 8.61. The molecule has 0 aliphatic carbocycles. The van der Waals surface area contributed by atoms with Crippen LogP contribution in [-0.2, 0) is 23.5 Å². The molecule has 0 radical (unpaired) electrons. The van der Waals surface area contributed by atoms with Crippen LogP contribution in [0.3, 0.4) is 0 Å². The van der Waals surface area contributed by atoms with E-state index in [1.807, 2.05) is 44.2 Å². The average molecular weight is 398 g/mol. The molecule has 2 aromatic carbocycles. The SMILES string of the molecule is CCOc1cc(C2(O)OCCN(Cc3ccccc3)C2C)cc2c1OC(C)(C)C2. The lowest BCUT2D eigenvalue weighted by atomic mass is 9.92. The maximum Gasteiger partial charge on any atom is 0.208 e. The van der Waals surface area contributed by atoms with Crippen LogP contribution in [0.2, 0.25) is 0 Å². The summed E-state index contributed by atoms with van der Waals surface area (Å²) in [5.41, 5.74) is 2.72. The molecule has 1 fully saturated rings. The van der Waals surface area contributed by atoms with Gasteiger partial charge >= 0.3 is 0 Å². The van der Waals surface area contributed by atoms with E-state index in [9.17, 15) is 5.11 Å². The van der Waals surface area contributed by atoms with Crippen LogP contribution in [0, 0.1) is 0 Å². The third-order valence-electron chi connectivity index (χ3n) is 5.88. The standard InChI is InChI=1S/C24H31NO4/c1-5-27-21-14-20(13-19-15-23(3,4)29-22(19)21)24(26)17(2)25(11-12-28-24)16-18-9-7-6-8-10-18/h6-10,13-14,17,26H,5,11-12,15-16H2,1-4H3. The third-order valence-corrected chi connectivity index (χ3v) is 5.88. The number of fused-ring (bicyclic) bond motifs is 1. The van der Waals surface area contributed by atoms with Crippen molar-refractivity contribution in [3.05, 3.63) is 59.2 Å². The van der Waals surface area contributed by atoms with Crippen molar-refractivity contribution in [3.63, 3.8) is 0 Å². The Labute approximate surface area is 173 Å². The number of hydrogen-bond donors (Lipinski definition) is 1. The molecule has 0 amide bonds. The number of morpholine rings is 1. The smallest absolute Gasteiger partial charge is 0.208 e. The number of ether oxygens (including phenoxy) is 3. The first-order chi connectivity index (χ1) is 13.8. The van der Waals surface area contributed by atoms with Crippen molar-refractivity contribution in [1.29, 1.82) is 0 Å². The molecular weight excluding hydrogens is 366 g/mol. The first-order valence-corrected chi connectivity index (χ1v) is 10.5. The Bertz CT molecular complexity index is 867. The van der Waals surface area contributed by atoms with E-state index >= 15 is 0 Å². The molecule has 2 aliphatic rings. The zero-order chi connectivity index (χ0) is 20.6. The Morgan fingerprint density at radius 2 is 1.97 bits per heavy atom. The fourth-order valence-electron chi connectivity index (χ4n) is 4.39. The van der Waals surface area contributed by atoms with Crippen molar-refractivity contribution in [2.45, 2.75) is 58.1 Å². The number of aliphatic hydroxyl groups is 1. The maximum absolute atomic E-state index is 11.7. The maximum atomic E-state index is 11.7. The van der Waals surface area contributed by atoms with E-state index in [4.69, 9.17) is 14.2 Å².